The molecule has 1 amide bonds. The number of rotatable bonds is 1. The summed E-state index contributed by atoms with van der Waals surface area (Å²) in [5.41, 5.74) is 0.841. The van der Waals surface area contributed by atoms with Crippen LogP contribution in [0.1, 0.15) is 12.8 Å². The van der Waals surface area contributed by atoms with Crippen LogP contribution in [0, 0.1) is 5.92 Å². The Hall–Kier alpha value is -1.63. The van der Waals surface area contributed by atoms with Crippen LogP contribution < -0.4 is 10.2 Å². The molecule has 4 heterocycles. The van der Waals surface area contributed by atoms with Gasteiger partial charge >= 0.3 is 0 Å². The number of carbonyl (C=O) groups is 1. The van der Waals surface area contributed by atoms with Gasteiger partial charge in [-0.3, -0.25) is 4.79 Å². The zero-order chi connectivity index (χ0) is 13.7. The minimum absolute atomic E-state index is 0.0829. The molecule has 2 aliphatic heterocycles. The maximum atomic E-state index is 11.9. The van der Waals surface area contributed by atoms with Crippen LogP contribution in [-0.2, 0) is 4.79 Å². The summed E-state index contributed by atoms with van der Waals surface area (Å²) in [5, 5.41) is 2.97. The molecule has 0 saturated carbocycles. The van der Waals surface area contributed by atoms with E-state index in [0.29, 0.717) is 6.54 Å². The second-order valence-electron chi connectivity index (χ2n) is 5.30. The summed E-state index contributed by atoms with van der Waals surface area (Å²) in [4.78, 5) is 23.1. The first-order valence-corrected chi connectivity index (χ1v) is 7.57. The van der Waals surface area contributed by atoms with Crippen molar-refractivity contribution in [2.75, 3.05) is 18.0 Å². The van der Waals surface area contributed by atoms with Gasteiger partial charge < -0.3 is 14.6 Å². The molecule has 0 spiro atoms. The van der Waals surface area contributed by atoms with Gasteiger partial charge in [0.2, 0.25) is 5.91 Å². The maximum Gasteiger partial charge on any atom is 0.225 e. The Morgan fingerprint density at radius 1 is 1.45 bits per heavy atom. The summed E-state index contributed by atoms with van der Waals surface area (Å²) in [6, 6.07) is 0.193. The Bertz CT molecular complexity index is 684. The largest absolute Gasteiger partial charge is 0.354 e. The van der Waals surface area contributed by atoms with Crippen LogP contribution in [0.25, 0.3) is 5.65 Å². The number of nitrogens with zero attached hydrogens (tertiary/aromatic N) is 4. The Morgan fingerprint density at radius 2 is 2.35 bits per heavy atom. The molecule has 1 N–H and O–H groups in total. The second-order valence-corrected chi connectivity index (χ2v) is 6.11. The van der Waals surface area contributed by atoms with E-state index in [1.807, 2.05) is 16.8 Å². The summed E-state index contributed by atoms with van der Waals surface area (Å²) in [5.74, 6) is 1.11. The lowest BCUT2D eigenvalue weighted by Crippen LogP contribution is -2.46. The number of piperidine rings is 1. The van der Waals surface area contributed by atoms with Gasteiger partial charge in [0.15, 0.2) is 11.5 Å². The van der Waals surface area contributed by atoms with Gasteiger partial charge in [-0.15, -0.1) is 0 Å². The van der Waals surface area contributed by atoms with Crippen molar-refractivity contribution in [2.24, 2.45) is 5.92 Å². The van der Waals surface area contributed by atoms with E-state index in [1.165, 1.54) is 0 Å². The topological polar surface area (TPSA) is 62.5 Å². The van der Waals surface area contributed by atoms with E-state index in [1.54, 1.807) is 6.20 Å². The summed E-state index contributed by atoms with van der Waals surface area (Å²) in [6.45, 7) is 1.62. The Labute approximate surface area is 124 Å². The molecule has 2 unspecified atom stereocenters. The van der Waals surface area contributed by atoms with Gasteiger partial charge in [0.05, 0.1) is 12.0 Å². The highest BCUT2D eigenvalue weighted by Crippen LogP contribution is 2.32. The predicted octanol–water partition coefficient (Wildman–Crippen LogP) is 1.21. The average Bonchev–Trinajstić information content (AvgIpc) is 3.05. The van der Waals surface area contributed by atoms with Crippen LogP contribution in [0.4, 0.5) is 5.82 Å². The van der Waals surface area contributed by atoms with Crippen molar-refractivity contribution in [1.29, 1.82) is 0 Å². The van der Waals surface area contributed by atoms with Crippen molar-refractivity contribution < 1.29 is 4.79 Å². The molecule has 2 aliphatic rings. The van der Waals surface area contributed by atoms with E-state index in [4.69, 9.17) is 0 Å². The van der Waals surface area contributed by atoms with E-state index in [0.717, 1.165) is 35.5 Å². The fourth-order valence-electron chi connectivity index (χ4n) is 3.29. The monoisotopic (exact) mass is 335 g/mol. The number of hydrogen-bond acceptors (Lipinski definition) is 4. The van der Waals surface area contributed by atoms with Crippen molar-refractivity contribution in [3.8, 4) is 0 Å². The van der Waals surface area contributed by atoms with Crippen LogP contribution in [-0.4, -0.2) is 39.4 Å². The van der Waals surface area contributed by atoms with Gasteiger partial charge in [0.1, 0.15) is 4.60 Å². The molecule has 2 saturated heterocycles. The van der Waals surface area contributed by atoms with E-state index in [-0.39, 0.29) is 17.9 Å². The van der Waals surface area contributed by atoms with Gasteiger partial charge in [0, 0.05) is 31.7 Å². The third-order valence-corrected chi connectivity index (χ3v) is 4.58. The highest BCUT2D eigenvalue weighted by Gasteiger charge is 2.41. The number of nitrogens with one attached hydrogen (secondary N) is 1. The molecular weight excluding hydrogens is 322 g/mol. The lowest BCUT2D eigenvalue weighted by atomic mass is 9.91. The molecule has 0 radical (unpaired) electrons. The molecule has 2 atom stereocenters. The zero-order valence-corrected chi connectivity index (χ0v) is 12.4. The molecule has 7 heteroatoms. The second kappa shape index (κ2) is 4.44. The number of hydrogen-bond donors (Lipinski definition) is 1. The average molecular weight is 336 g/mol. The van der Waals surface area contributed by atoms with E-state index < -0.39 is 0 Å². The molecule has 2 aromatic rings. The van der Waals surface area contributed by atoms with Gasteiger partial charge in [-0.05, 0) is 28.8 Å². The van der Waals surface area contributed by atoms with E-state index in [2.05, 4.69) is 36.1 Å². The highest BCUT2D eigenvalue weighted by atomic mass is 79.9. The molecule has 20 heavy (non-hydrogen) atoms. The van der Waals surface area contributed by atoms with Gasteiger partial charge in [0.25, 0.3) is 0 Å². The van der Waals surface area contributed by atoms with Gasteiger partial charge in [-0.25, -0.2) is 9.97 Å². The molecule has 4 rings (SSSR count). The summed E-state index contributed by atoms with van der Waals surface area (Å²) in [6.07, 6.45) is 7.55. The van der Waals surface area contributed by atoms with Crippen molar-refractivity contribution >= 4 is 33.3 Å². The van der Waals surface area contributed by atoms with Crippen LogP contribution in [0.3, 0.4) is 0 Å². The Kier molecular flexibility index (Phi) is 2.70. The van der Waals surface area contributed by atoms with Crippen molar-refractivity contribution in [1.82, 2.24) is 19.7 Å². The van der Waals surface area contributed by atoms with Gasteiger partial charge in [-0.2, -0.15) is 0 Å². The summed E-state index contributed by atoms with van der Waals surface area (Å²) >= 11 is 3.45. The number of fused-ring (bicyclic) bond motifs is 2. The molecule has 2 aromatic heterocycles. The van der Waals surface area contributed by atoms with Crippen LogP contribution in [0.2, 0.25) is 0 Å². The van der Waals surface area contributed by atoms with Crippen LogP contribution in [0.15, 0.2) is 23.2 Å². The lowest BCUT2D eigenvalue weighted by Gasteiger charge is -2.36. The first kappa shape index (κ1) is 12.1. The molecule has 2 fully saturated rings. The summed E-state index contributed by atoms with van der Waals surface area (Å²) in [7, 11) is 0. The number of imidazole rings is 1. The standard InChI is InChI=1S/C13H14BrN5O/c14-10-7-18-5-3-15-11(18)12(17-10)19-4-1-2-8-9(19)6-16-13(8)20/h3,5,7-9H,1-2,4,6H2,(H,16,20). The summed E-state index contributed by atoms with van der Waals surface area (Å²) < 4.78 is 2.73. The quantitative estimate of drug-likeness (QED) is 0.850. The maximum absolute atomic E-state index is 11.9. The van der Waals surface area contributed by atoms with Crippen LogP contribution >= 0.6 is 15.9 Å². The third-order valence-electron chi connectivity index (χ3n) is 4.20. The van der Waals surface area contributed by atoms with Crippen molar-refractivity contribution in [2.45, 2.75) is 18.9 Å². The van der Waals surface area contributed by atoms with E-state index >= 15 is 0 Å². The normalized spacial score (nSPS) is 25.9. The molecule has 6 nitrogen and oxygen atoms in total. The number of anilines is 1. The van der Waals surface area contributed by atoms with E-state index in [9.17, 15) is 4.79 Å². The first-order valence-electron chi connectivity index (χ1n) is 6.77. The minimum atomic E-state index is 0.0829. The van der Waals surface area contributed by atoms with Gasteiger partial charge in [-0.1, -0.05) is 0 Å². The van der Waals surface area contributed by atoms with Crippen LogP contribution in [0.5, 0.6) is 0 Å². The predicted molar refractivity (Wildman–Crippen MR) is 77.6 cm³/mol. The van der Waals surface area contributed by atoms with Crippen molar-refractivity contribution in [3.63, 3.8) is 0 Å². The number of amides is 1. The molecule has 0 aliphatic carbocycles. The SMILES string of the molecule is O=C1NCC2C1CCCN2c1nc(Br)cn2ccnc12. The zero-order valence-electron chi connectivity index (χ0n) is 10.8. The smallest absolute Gasteiger partial charge is 0.225 e. The van der Waals surface area contributed by atoms with Crippen molar-refractivity contribution in [3.05, 3.63) is 23.2 Å². The molecule has 104 valence electrons. The Balaban J connectivity index is 1.82. The number of carbonyl (C=O) groups excluding carboxylic acids is 1. The minimum Gasteiger partial charge on any atom is -0.354 e. The fourth-order valence-corrected chi connectivity index (χ4v) is 3.68. The molecule has 0 aromatic carbocycles. The Morgan fingerprint density at radius 3 is 3.25 bits per heavy atom. The molecule has 0 bridgehead atoms. The first-order chi connectivity index (χ1) is 9.74. The number of aromatic nitrogens is 3. The highest BCUT2D eigenvalue weighted by molar-refractivity contribution is 9.10. The number of halogens is 1. The lowest BCUT2D eigenvalue weighted by molar-refractivity contribution is -0.122. The fraction of sp³-hybridized carbons (Fsp3) is 0.462. The molecular formula is C13H14BrN5O. The third kappa shape index (κ3) is 1.72.